The molecule has 1 amide bonds. The molecule has 0 aliphatic carbocycles. The molecule has 0 aliphatic rings. The summed E-state index contributed by atoms with van der Waals surface area (Å²) in [5.74, 6) is -2.90. The third-order valence-electron chi connectivity index (χ3n) is 2.83. The van der Waals surface area contributed by atoms with Crippen LogP contribution in [0.5, 0.6) is 0 Å². The van der Waals surface area contributed by atoms with Gasteiger partial charge in [0.1, 0.15) is 5.82 Å². The summed E-state index contributed by atoms with van der Waals surface area (Å²) in [6.07, 6.45) is -1.45. The maximum absolute atomic E-state index is 13.0. The van der Waals surface area contributed by atoms with Crippen molar-refractivity contribution in [1.82, 2.24) is 0 Å². The van der Waals surface area contributed by atoms with Crippen LogP contribution in [0.1, 0.15) is 22.0 Å². The molecule has 2 aromatic rings. The van der Waals surface area contributed by atoms with E-state index in [4.69, 9.17) is 5.11 Å². The van der Waals surface area contributed by atoms with Crippen LogP contribution < -0.4 is 5.32 Å². The Bertz CT molecular complexity index is 673. The molecule has 3 N–H and O–H groups in total. The first-order chi connectivity index (χ1) is 9.99. The topological polar surface area (TPSA) is 86.6 Å². The van der Waals surface area contributed by atoms with Gasteiger partial charge in [-0.15, -0.1) is 0 Å². The van der Waals surface area contributed by atoms with Crippen LogP contribution in [0.15, 0.2) is 48.5 Å². The number of carbonyl (C=O) groups excluding carboxylic acids is 1. The molecule has 1 unspecified atom stereocenters. The number of aliphatic hydroxyl groups is 1. The number of carbonyl (C=O) groups is 2. The number of carboxylic acids is 1. The van der Waals surface area contributed by atoms with Gasteiger partial charge in [0.25, 0.3) is 5.91 Å². The highest BCUT2D eigenvalue weighted by Gasteiger charge is 2.20. The minimum Gasteiger partial charge on any atom is -0.478 e. The molecule has 2 rings (SSSR count). The van der Waals surface area contributed by atoms with Crippen LogP contribution in [0.25, 0.3) is 0 Å². The predicted molar refractivity (Wildman–Crippen MR) is 73.4 cm³/mol. The summed E-state index contributed by atoms with van der Waals surface area (Å²) in [5.41, 5.74) is -0.0959. The van der Waals surface area contributed by atoms with Gasteiger partial charge in [0.15, 0.2) is 6.10 Å². The van der Waals surface area contributed by atoms with Gasteiger partial charge in [0.05, 0.1) is 11.3 Å². The summed E-state index contributed by atoms with van der Waals surface area (Å²) in [5, 5.41) is 21.2. The van der Waals surface area contributed by atoms with E-state index >= 15 is 0 Å². The summed E-state index contributed by atoms with van der Waals surface area (Å²) in [4.78, 5) is 22.9. The predicted octanol–water partition coefficient (Wildman–Crippen LogP) is 2.20. The Balaban J connectivity index is 2.22. The first kappa shape index (κ1) is 14.7. The van der Waals surface area contributed by atoms with Crippen LogP contribution in [0, 0.1) is 5.82 Å². The molecule has 21 heavy (non-hydrogen) atoms. The average Bonchev–Trinajstić information content (AvgIpc) is 2.49. The van der Waals surface area contributed by atoms with E-state index < -0.39 is 23.8 Å². The van der Waals surface area contributed by atoms with Gasteiger partial charge in [0, 0.05) is 0 Å². The molecule has 2 aromatic carbocycles. The molecule has 0 bridgehead atoms. The zero-order valence-corrected chi connectivity index (χ0v) is 10.8. The maximum Gasteiger partial charge on any atom is 0.337 e. The van der Waals surface area contributed by atoms with E-state index in [1.54, 1.807) is 30.3 Å². The van der Waals surface area contributed by atoms with Crippen molar-refractivity contribution < 1.29 is 24.2 Å². The van der Waals surface area contributed by atoms with E-state index in [0.717, 1.165) is 18.2 Å². The lowest BCUT2D eigenvalue weighted by molar-refractivity contribution is -0.124. The molecule has 108 valence electrons. The molecule has 0 fully saturated rings. The van der Waals surface area contributed by atoms with Gasteiger partial charge < -0.3 is 15.5 Å². The van der Waals surface area contributed by atoms with Crippen molar-refractivity contribution in [3.8, 4) is 0 Å². The summed E-state index contributed by atoms with van der Waals surface area (Å²) < 4.78 is 13.0. The minimum absolute atomic E-state index is 0.0797. The number of carboxylic acid groups (broad SMARTS) is 1. The first-order valence-electron chi connectivity index (χ1n) is 6.06. The second kappa shape index (κ2) is 6.15. The molecule has 0 heterocycles. The van der Waals surface area contributed by atoms with E-state index in [0.29, 0.717) is 5.56 Å². The highest BCUT2D eigenvalue weighted by Crippen LogP contribution is 2.20. The van der Waals surface area contributed by atoms with Crippen molar-refractivity contribution in [1.29, 1.82) is 0 Å². The smallest absolute Gasteiger partial charge is 0.337 e. The van der Waals surface area contributed by atoms with Crippen molar-refractivity contribution in [2.75, 3.05) is 5.32 Å². The molecule has 0 aliphatic heterocycles. The fraction of sp³-hybridized carbons (Fsp3) is 0.0667. The number of halogens is 1. The summed E-state index contributed by atoms with van der Waals surface area (Å²) in [6.45, 7) is 0. The molecule has 1 atom stereocenters. The largest absolute Gasteiger partial charge is 0.478 e. The number of aromatic carboxylic acids is 1. The highest BCUT2D eigenvalue weighted by atomic mass is 19.1. The monoisotopic (exact) mass is 289 g/mol. The Kier molecular flexibility index (Phi) is 4.30. The van der Waals surface area contributed by atoms with Gasteiger partial charge >= 0.3 is 5.97 Å². The standard InChI is InChI=1S/C15H12FNO4/c16-10-6-7-12(11(8-10)15(20)21)17-14(19)13(18)9-4-2-1-3-5-9/h1-8,13,18H,(H,17,19)(H,20,21). The lowest BCUT2D eigenvalue weighted by atomic mass is 10.1. The molecule has 6 heteroatoms. The van der Waals surface area contributed by atoms with Gasteiger partial charge in [0.2, 0.25) is 0 Å². The van der Waals surface area contributed by atoms with Gasteiger partial charge in [-0.2, -0.15) is 0 Å². The minimum atomic E-state index is -1.45. The second-order valence-corrected chi connectivity index (χ2v) is 4.30. The van der Waals surface area contributed by atoms with Crippen LogP contribution in [0.4, 0.5) is 10.1 Å². The lowest BCUT2D eigenvalue weighted by Gasteiger charge is -2.13. The summed E-state index contributed by atoms with van der Waals surface area (Å²) >= 11 is 0. The number of hydrogen-bond donors (Lipinski definition) is 3. The molecule has 5 nitrogen and oxygen atoms in total. The van der Waals surface area contributed by atoms with Crippen molar-refractivity contribution in [3.05, 3.63) is 65.5 Å². The highest BCUT2D eigenvalue weighted by molar-refractivity contribution is 6.02. The Morgan fingerprint density at radius 1 is 1.10 bits per heavy atom. The van der Waals surface area contributed by atoms with Gasteiger partial charge in [-0.05, 0) is 23.8 Å². The van der Waals surface area contributed by atoms with E-state index in [1.165, 1.54) is 0 Å². The number of aliphatic hydroxyl groups excluding tert-OH is 1. The Labute approximate surface area is 119 Å². The third kappa shape index (κ3) is 3.43. The van der Waals surface area contributed by atoms with Crippen molar-refractivity contribution in [2.24, 2.45) is 0 Å². The van der Waals surface area contributed by atoms with Crippen LogP contribution in [-0.2, 0) is 4.79 Å². The first-order valence-corrected chi connectivity index (χ1v) is 6.06. The Morgan fingerprint density at radius 3 is 2.38 bits per heavy atom. The zero-order chi connectivity index (χ0) is 15.4. The van der Waals surface area contributed by atoms with Crippen LogP contribution in [-0.4, -0.2) is 22.1 Å². The number of benzene rings is 2. The van der Waals surface area contributed by atoms with Crippen molar-refractivity contribution in [3.63, 3.8) is 0 Å². The molecular formula is C15H12FNO4. The average molecular weight is 289 g/mol. The number of anilines is 1. The quantitative estimate of drug-likeness (QED) is 0.805. The lowest BCUT2D eigenvalue weighted by Crippen LogP contribution is -2.22. The van der Waals surface area contributed by atoms with E-state index in [2.05, 4.69) is 5.32 Å². The molecule has 0 aromatic heterocycles. The zero-order valence-electron chi connectivity index (χ0n) is 10.8. The molecule has 0 saturated heterocycles. The van der Waals surface area contributed by atoms with Gasteiger partial charge in [-0.1, -0.05) is 30.3 Å². The van der Waals surface area contributed by atoms with E-state index in [-0.39, 0.29) is 11.3 Å². The van der Waals surface area contributed by atoms with Crippen LogP contribution >= 0.6 is 0 Å². The number of hydrogen-bond acceptors (Lipinski definition) is 3. The number of nitrogens with one attached hydrogen (secondary N) is 1. The number of amides is 1. The van der Waals surface area contributed by atoms with E-state index in [9.17, 15) is 19.1 Å². The second-order valence-electron chi connectivity index (χ2n) is 4.30. The van der Waals surface area contributed by atoms with Crippen LogP contribution in [0.2, 0.25) is 0 Å². The molecule has 0 spiro atoms. The SMILES string of the molecule is O=C(O)c1cc(F)ccc1NC(=O)C(O)c1ccccc1. The number of rotatable bonds is 4. The normalized spacial score (nSPS) is 11.7. The molecule has 0 radical (unpaired) electrons. The molecular weight excluding hydrogens is 277 g/mol. The Hall–Kier alpha value is -2.73. The van der Waals surface area contributed by atoms with Crippen molar-refractivity contribution >= 4 is 17.6 Å². The fourth-order valence-corrected chi connectivity index (χ4v) is 1.79. The van der Waals surface area contributed by atoms with Crippen molar-refractivity contribution in [2.45, 2.75) is 6.10 Å². The van der Waals surface area contributed by atoms with Gasteiger partial charge in [-0.3, -0.25) is 4.79 Å². The van der Waals surface area contributed by atoms with E-state index in [1.807, 2.05) is 0 Å². The summed E-state index contributed by atoms with van der Waals surface area (Å²) in [7, 11) is 0. The fourth-order valence-electron chi connectivity index (χ4n) is 1.79. The Morgan fingerprint density at radius 2 is 1.76 bits per heavy atom. The summed E-state index contributed by atoms with van der Waals surface area (Å²) in [6, 6.07) is 11.1. The maximum atomic E-state index is 13.0. The molecule has 0 saturated carbocycles. The third-order valence-corrected chi connectivity index (χ3v) is 2.83. The van der Waals surface area contributed by atoms with Gasteiger partial charge in [-0.25, -0.2) is 9.18 Å². The van der Waals surface area contributed by atoms with Crippen LogP contribution in [0.3, 0.4) is 0 Å².